The van der Waals surface area contributed by atoms with Crippen LogP contribution in [0.15, 0.2) is 42.9 Å². The zero-order valence-electron chi connectivity index (χ0n) is 17.5. The summed E-state index contributed by atoms with van der Waals surface area (Å²) in [7, 11) is 0. The molecule has 172 valence electrons. The van der Waals surface area contributed by atoms with Crippen LogP contribution < -0.4 is 4.74 Å². The number of pyridine rings is 2. The molecule has 3 aromatic rings. The van der Waals surface area contributed by atoms with Crippen LogP contribution in [-0.2, 0) is 6.18 Å². The summed E-state index contributed by atoms with van der Waals surface area (Å²) in [6, 6.07) is 6.00. The predicted octanol–water partition coefficient (Wildman–Crippen LogP) is 4.60. The zero-order valence-corrected chi connectivity index (χ0v) is 18.3. The molecule has 0 radical (unpaired) electrons. The molecule has 0 spiro atoms. The van der Waals surface area contributed by atoms with E-state index in [1.54, 1.807) is 42.4 Å². The van der Waals surface area contributed by atoms with E-state index in [2.05, 4.69) is 19.9 Å². The number of ether oxygens (including phenoxy) is 1. The minimum atomic E-state index is -4.55. The van der Waals surface area contributed by atoms with Crippen molar-refractivity contribution >= 4 is 17.5 Å². The molecule has 1 aliphatic heterocycles. The molecule has 1 atom stereocenters. The molecule has 33 heavy (non-hydrogen) atoms. The van der Waals surface area contributed by atoms with Gasteiger partial charge in [-0.3, -0.25) is 4.79 Å². The quantitative estimate of drug-likeness (QED) is 0.546. The van der Waals surface area contributed by atoms with Gasteiger partial charge in [0.15, 0.2) is 5.82 Å². The number of amides is 1. The van der Waals surface area contributed by atoms with Crippen molar-refractivity contribution in [3.8, 4) is 17.3 Å². The van der Waals surface area contributed by atoms with Gasteiger partial charge in [-0.05, 0) is 44.0 Å². The minimum Gasteiger partial charge on any atom is -0.471 e. The van der Waals surface area contributed by atoms with Gasteiger partial charge < -0.3 is 9.64 Å². The molecule has 1 fully saturated rings. The second-order valence-corrected chi connectivity index (χ2v) is 7.97. The number of likely N-dealkylation sites (tertiary alicyclic amines) is 1. The SMILES string of the molecule is Cc1ccc(-c2ncccn2)c(C(=O)N2CCCC(Oc3ncc(C(F)(F)F)cc3Cl)C2)n1. The number of rotatable bonds is 4. The zero-order chi connectivity index (χ0) is 23.6. The van der Waals surface area contributed by atoms with Crippen molar-refractivity contribution in [2.45, 2.75) is 32.0 Å². The number of hydrogen-bond acceptors (Lipinski definition) is 6. The lowest BCUT2D eigenvalue weighted by atomic mass is 10.1. The molecule has 0 saturated carbocycles. The number of aryl methyl sites for hydroxylation is 1. The number of nitrogens with zero attached hydrogens (tertiary/aromatic N) is 5. The molecule has 7 nitrogen and oxygen atoms in total. The van der Waals surface area contributed by atoms with E-state index in [9.17, 15) is 18.0 Å². The summed E-state index contributed by atoms with van der Waals surface area (Å²) in [5.41, 5.74) is 0.458. The van der Waals surface area contributed by atoms with E-state index in [-0.39, 0.29) is 29.0 Å². The van der Waals surface area contributed by atoms with Crippen LogP contribution in [0.5, 0.6) is 5.88 Å². The maximum absolute atomic E-state index is 13.4. The number of carbonyl (C=O) groups is 1. The van der Waals surface area contributed by atoms with Crippen LogP contribution in [0.2, 0.25) is 5.02 Å². The van der Waals surface area contributed by atoms with Crippen molar-refractivity contribution < 1.29 is 22.7 Å². The van der Waals surface area contributed by atoms with Gasteiger partial charge in [0.05, 0.1) is 17.7 Å². The number of piperidine rings is 1. The first-order valence-electron chi connectivity index (χ1n) is 10.2. The fourth-order valence-corrected chi connectivity index (χ4v) is 3.74. The Morgan fingerprint density at radius 1 is 1.21 bits per heavy atom. The van der Waals surface area contributed by atoms with Gasteiger partial charge in [-0.1, -0.05) is 11.6 Å². The molecule has 0 N–H and O–H groups in total. The molecular formula is C22H19ClF3N5O2. The Kier molecular flexibility index (Phi) is 6.46. The van der Waals surface area contributed by atoms with Crippen LogP contribution in [0, 0.1) is 6.92 Å². The number of alkyl halides is 3. The highest BCUT2D eigenvalue weighted by Gasteiger charge is 2.33. The van der Waals surface area contributed by atoms with Gasteiger partial charge in [0, 0.05) is 30.8 Å². The van der Waals surface area contributed by atoms with Crippen molar-refractivity contribution in [3.05, 3.63) is 64.8 Å². The molecule has 3 aromatic heterocycles. The van der Waals surface area contributed by atoms with Crippen molar-refractivity contribution in [1.29, 1.82) is 0 Å². The number of aromatic nitrogens is 4. The highest BCUT2D eigenvalue weighted by molar-refractivity contribution is 6.31. The summed E-state index contributed by atoms with van der Waals surface area (Å²) in [5, 5.41) is -0.239. The summed E-state index contributed by atoms with van der Waals surface area (Å²) >= 11 is 5.96. The standard InChI is InChI=1S/C22H19ClF3N5O2/c1-13-5-6-16(19-27-7-3-8-28-19)18(30-13)21(32)31-9-2-4-15(12-31)33-20-17(23)10-14(11-29-20)22(24,25)26/h3,5-8,10-11,15H,2,4,9,12H2,1H3. The van der Waals surface area contributed by atoms with E-state index >= 15 is 0 Å². The number of hydrogen-bond donors (Lipinski definition) is 0. The second-order valence-electron chi connectivity index (χ2n) is 7.56. The normalized spacial score (nSPS) is 16.5. The highest BCUT2D eigenvalue weighted by Crippen LogP contribution is 2.34. The van der Waals surface area contributed by atoms with Gasteiger partial charge in [0.1, 0.15) is 16.8 Å². The Balaban J connectivity index is 1.53. The summed E-state index contributed by atoms with van der Waals surface area (Å²) in [4.78, 5) is 31.5. The van der Waals surface area contributed by atoms with E-state index in [0.717, 1.165) is 6.07 Å². The third-order valence-corrected chi connectivity index (χ3v) is 5.39. The first kappa shape index (κ1) is 22.9. The predicted molar refractivity (Wildman–Crippen MR) is 114 cm³/mol. The third kappa shape index (κ3) is 5.22. The molecule has 1 amide bonds. The Hall–Kier alpha value is -3.27. The van der Waals surface area contributed by atoms with Crippen molar-refractivity contribution in [1.82, 2.24) is 24.8 Å². The Morgan fingerprint density at radius 2 is 1.97 bits per heavy atom. The van der Waals surface area contributed by atoms with Gasteiger partial charge in [-0.15, -0.1) is 0 Å². The van der Waals surface area contributed by atoms with Crippen LogP contribution in [0.25, 0.3) is 11.4 Å². The van der Waals surface area contributed by atoms with Crippen LogP contribution in [-0.4, -0.2) is 49.9 Å². The fraction of sp³-hybridized carbons (Fsp3) is 0.318. The largest absolute Gasteiger partial charge is 0.471 e. The van der Waals surface area contributed by atoms with Crippen molar-refractivity contribution in [2.24, 2.45) is 0 Å². The molecule has 4 rings (SSSR count). The van der Waals surface area contributed by atoms with E-state index in [0.29, 0.717) is 42.7 Å². The van der Waals surface area contributed by atoms with Crippen LogP contribution in [0.3, 0.4) is 0 Å². The topological polar surface area (TPSA) is 81.1 Å². The van der Waals surface area contributed by atoms with E-state index < -0.39 is 17.8 Å². The Morgan fingerprint density at radius 3 is 2.67 bits per heavy atom. The van der Waals surface area contributed by atoms with E-state index in [4.69, 9.17) is 16.3 Å². The maximum Gasteiger partial charge on any atom is 0.417 e. The van der Waals surface area contributed by atoms with Gasteiger partial charge in [-0.2, -0.15) is 13.2 Å². The van der Waals surface area contributed by atoms with Gasteiger partial charge in [-0.25, -0.2) is 19.9 Å². The summed E-state index contributed by atoms with van der Waals surface area (Å²) in [5.74, 6) is -0.0177. The Bertz CT molecular complexity index is 1160. The smallest absolute Gasteiger partial charge is 0.417 e. The molecule has 1 aliphatic rings. The molecule has 0 bridgehead atoms. The molecule has 4 heterocycles. The van der Waals surface area contributed by atoms with Crippen molar-refractivity contribution in [3.63, 3.8) is 0 Å². The molecule has 0 aromatic carbocycles. The molecule has 0 aliphatic carbocycles. The second kappa shape index (κ2) is 9.30. The molecule has 11 heteroatoms. The highest BCUT2D eigenvalue weighted by atomic mass is 35.5. The van der Waals surface area contributed by atoms with Crippen molar-refractivity contribution in [2.75, 3.05) is 13.1 Å². The lowest BCUT2D eigenvalue weighted by Crippen LogP contribution is -2.45. The van der Waals surface area contributed by atoms with Crippen LogP contribution in [0.4, 0.5) is 13.2 Å². The molecular weight excluding hydrogens is 459 g/mol. The Labute approximate surface area is 192 Å². The van der Waals surface area contributed by atoms with E-state index in [1.807, 2.05) is 0 Å². The number of carbonyl (C=O) groups excluding carboxylic acids is 1. The third-order valence-electron chi connectivity index (χ3n) is 5.12. The summed E-state index contributed by atoms with van der Waals surface area (Å²) < 4.78 is 44.3. The maximum atomic E-state index is 13.4. The van der Waals surface area contributed by atoms with Crippen LogP contribution in [0.1, 0.15) is 34.6 Å². The monoisotopic (exact) mass is 477 g/mol. The lowest BCUT2D eigenvalue weighted by molar-refractivity contribution is -0.137. The average molecular weight is 478 g/mol. The lowest BCUT2D eigenvalue weighted by Gasteiger charge is -2.33. The van der Waals surface area contributed by atoms with Gasteiger partial charge in [0.25, 0.3) is 5.91 Å². The fourth-order valence-electron chi connectivity index (χ4n) is 3.53. The first-order valence-corrected chi connectivity index (χ1v) is 10.5. The summed E-state index contributed by atoms with van der Waals surface area (Å²) in [6.07, 6.45) is 0.0473. The van der Waals surface area contributed by atoms with Gasteiger partial charge in [0.2, 0.25) is 5.88 Å². The van der Waals surface area contributed by atoms with E-state index in [1.165, 1.54) is 0 Å². The molecule has 1 saturated heterocycles. The minimum absolute atomic E-state index is 0.101. The van der Waals surface area contributed by atoms with Gasteiger partial charge >= 0.3 is 6.18 Å². The van der Waals surface area contributed by atoms with Crippen LogP contribution >= 0.6 is 11.6 Å². The average Bonchev–Trinajstić information content (AvgIpc) is 2.80. The first-order chi connectivity index (χ1) is 15.7. The summed E-state index contributed by atoms with van der Waals surface area (Å²) in [6.45, 7) is 2.48. The number of halogens is 4. The molecule has 1 unspecified atom stereocenters.